The second-order valence-corrected chi connectivity index (χ2v) is 5.45. The van der Waals surface area contributed by atoms with Crippen molar-refractivity contribution >= 4 is 12.4 Å². The lowest BCUT2D eigenvalue weighted by Crippen LogP contribution is -2.56. The van der Waals surface area contributed by atoms with E-state index in [2.05, 4.69) is 67.6 Å². The molecule has 2 rings (SSSR count). The van der Waals surface area contributed by atoms with Crippen LogP contribution in [0.2, 0.25) is 0 Å². The molecule has 1 fully saturated rings. The standard InChI is InChI=1S/C14H23BN2/c1-12(2)16-10-11-17(13(3)4)15(16)14-8-6-5-7-9-14/h5-9,12-13H,10-11H2,1-4H3. The third-order valence-corrected chi connectivity index (χ3v) is 3.67. The van der Waals surface area contributed by atoms with Crippen molar-refractivity contribution in [2.75, 3.05) is 13.1 Å². The Morgan fingerprint density at radius 3 is 1.76 bits per heavy atom. The largest absolute Gasteiger partial charge is 0.346 e. The van der Waals surface area contributed by atoms with E-state index in [0.717, 1.165) is 0 Å². The second-order valence-electron chi connectivity index (χ2n) is 5.45. The Balaban J connectivity index is 2.30. The molecule has 17 heavy (non-hydrogen) atoms. The fourth-order valence-corrected chi connectivity index (χ4v) is 2.76. The molecule has 0 atom stereocenters. The summed E-state index contributed by atoms with van der Waals surface area (Å²) in [5.74, 6) is 0. The summed E-state index contributed by atoms with van der Waals surface area (Å²) in [7, 11) is 0. The first kappa shape index (κ1) is 12.7. The van der Waals surface area contributed by atoms with Crippen molar-refractivity contribution in [3.05, 3.63) is 30.3 Å². The van der Waals surface area contributed by atoms with E-state index in [-0.39, 0.29) is 0 Å². The zero-order chi connectivity index (χ0) is 12.4. The summed E-state index contributed by atoms with van der Waals surface area (Å²) in [5, 5.41) is 0. The summed E-state index contributed by atoms with van der Waals surface area (Å²) < 4.78 is 0. The zero-order valence-corrected chi connectivity index (χ0v) is 11.4. The zero-order valence-electron chi connectivity index (χ0n) is 11.4. The molecular weight excluding hydrogens is 207 g/mol. The Hall–Kier alpha value is -0.795. The van der Waals surface area contributed by atoms with E-state index >= 15 is 0 Å². The van der Waals surface area contributed by atoms with E-state index in [9.17, 15) is 0 Å². The molecular formula is C14H23BN2. The Morgan fingerprint density at radius 1 is 0.882 bits per heavy atom. The van der Waals surface area contributed by atoms with Gasteiger partial charge in [-0.05, 0) is 17.5 Å². The lowest BCUT2D eigenvalue weighted by atomic mass is 9.64. The molecule has 0 radical (unpaired) electrons. The molecule has 92 valence electrons. The van der Waals surface area contributed by atoms with Crippen molar-refractivity contribution in [2.24, 2.45) is 0 Å². The third kappa shape index (κ3) is 2.56. The van der Waals surface area contributed by atoms with Gasteiger partial charge in [-0.2, -0.15) is 0 Å². The van der Waals surface area contributed by atoms with E-state index in [1.165, 1.54) is 18.6 Å². The lowest BCUT2D eigenvalue weighted by Gasteiger charge is -2.31. The summed E-state index contributed by atoms with van der Waals surface area (Å²) in [6.07, 6.45) is 0. The Bertz CT molecular complexity index is 334. The molecule has 0 bridgehead atoms. The maximum Gasteiger partial charge on any atom is 0.346 e. The van der Waals surface area contributed by atoms with E-state index in [1.807, 2.05) is 0 Å². The monoisotopic (exact) mass is 230 g/mol. The van der Waals surface area contributed by atoms with Gasteiger partial charge in [0.15, 0.2) is 0 Å². The molecule has 0 aliphatic carbocycles. The van der Waals surface area contributed by atoms with Crippen molar-refractivity contribution in [1.29, 1.82) is 0 Å². The number of hydrogen-bond donors (Lipinski definition) is 0. The molecule has 1 aliphatic heterocycles. The summed E-state index contributed by atoms with van der Waals surface area (Å²) in [4.78, 5) is 5.19. The van der Waals surface area contributed by atoms with Crippen molar-refractivity contribution in [2.45, 2.75) is 39.8 Å². The Labute approximate surface area is 106 Å². The molecule has 1 aliphatic rings. The molecule has 0 N–H and O–H groups in total. The highest BCUT2D eigenvalue weighted by Gasteiger charge is 2.39. The Kier molecular flexibility index (Phi) is 3.90. The van der Waals surface area contributed by atoms with Crippen LogP contribution in [0.25, 0.3) is 0 Å². The van der Waals surface area contributed by atoms with Gasteiger partial charge in [-0.25, -0.2) is 0 Å². The minimum atomic E-state index is 0.455. The van der Waals surface area contributed by atoms with Crippen molar-refractivity contribution in [3.63, 3.8) is 0 Å². The highest BCUT2D eigenvalue weighted by molar-refractivity contribution is 6.68. The molecule has 3 heteroatoms. The number of hydrogen-bond acceptors (Lipinski definition) is 2. The van der Waals surface area contributed by atoms with Gasteiger partial charge in [-0.1, -0.05) is 58.0 Å². The second kappa shape index (κ2) is 5.24. The summed E-state index contributed by atoms with van der Waals surface area (Å²) >= 11 is 0. The van der Waals surface area contributed by atoms with Crippen LogP contribution >= 0.6 is 0 Å². The van der Waals surface area contributed by atoms with Crippen LogP contribution in [-0.4, -0.2) is 41.8 Å². The first-order valence-electron chi connectivity index (χ1n) is 6.67. The van der Waals surface area contributed by atoms with Crippen LogP contribution in [0, 0.1) is 0 Å². The first-order chi connectivity index (χ1) is 8.11. The highest BCUT2D eigenvalue weighted by atomic mass is 15.3. The van der Waals surface area contributed by atoms with Gasteiger partial charge in [0.1, 0.15) is 0 Å². The average Bonchev–Trinajstić information content (AvgIpc) is 2.74. The third-order valence-electron chi connectivity index (χ3n) is 3.67. The highest BCUT2D eigenvalue weighted by Crippen LogP contribution is 2.17. The van der Waals surface area contributed by atoms with Crippen LogP contribution in [0.3, 0.4) is 0 Å². The van der Waals surface area contributed by atoms with Gasteiger partial charge in [0.05, 0.1) is 0 Å². The SMILES string of the molecule is CC(C)N1CCN(C(C)C)B1c1ccccc1. The fraction of sp³-hybridized carbons (Fsp3) is 0.571. The average molecular weight is 230 g/mol. The van der Waals surface area contributed by atoms with Gasteiger partial charge in [-0.15, -0.1) is 0 Å². The minimum Gasteiger partial charge on any atom is -0.321 e. The van der Waals surface area contributed by atoms with Crippen molar-refractivity contribution in [1.82, 2.24) is 9.62 Å². The quantitative estimate of drug-likeness (QED) is 0.731. The molecule has 0 saturated carbocycles. The van der Waals surface area contributed by atoms with E-state index in [4.69, 9.17) is 0 Å². The minimum absolute atomic E-state index is 0.455. The number of benzene rings is 1. The molecule has 1 heterocycles. The molecule has 0 spiro atoms. The van der Waals surface area contributed by atoms with Crippen molar-refractivity contribution in [3.8, 4) is 0 Å². The molecule has 0 unspecified atom stereocenters. The molecule has 0 aromatic heterocycles. The van der Waals surface area contributed by atoms with Gasteiger partial charge in [0, 0.05) is 13.1 Å². The van der Waals surface area contributed by atoms with E-state index in [0.29, 0.717) is 19.1 Å². The molecule has 1 aromatic carbocycles. The van der Waals surface area contributed by atoms with Gasteiger partial charge in [0.25, 0.3) is 0 Å². The van der Waals surface area contributed by atoms with Crippen LogP contribution in [0.1, 0.15) is 27.7 Å². The van der Waals surface area contributed by atoms with Gasteiger partial charge < -0.3 is 9.62 Å². The fourth-order valence-electron chi connectivity index (χ4n) is 2.76. The lowest BCUT2D eigenvalue weighted by molar-refractivity contribution is 0.390. The van der Waals surface area contributed by atoms with Gasteiger partial charge in [-0.3, -0.25) is 0 Å². The predicted molar refractivity (Wildman–Crippen MR) is 75.5 cm³/mol. The topological polar surface area (TPSA) is 6.48 Å². The summed E-state index contributed by atoms with van der Waals surface area (Å²) in [6.45, 7) is 12.0. The van der Waals surface area contributed by atoms with E-state index < -0.39 is 0 Å². The van der Waals surface area contributed by atoms with Crippen molar-refractivity contribution < 1.29 is 0 Å². The van der Waals surface area contributed by atoms with Crippen LogP contribution in [-0.2, 0) is 0 Å². The van der Waals surface area contributed by atoms with Gasteiger partial charge in [0.2, 0.25) is 0 Å². The number of rotatable bonds is 3. The van der Waals surface area contributed by atoms with Crippen LogP contribution in [0.4, 0.5) is 0 Å². The summed E-state index contributed by atoms with van der Waals surface area (Å²) in [5.41, 5.74) is 1.42. The van der Waals surface area contributed by atoms with Crippen LogP contribution < -0.4 is 5.46 Å². The molecule has 0 amide bonds. The van der Waals surface area contributed by atoms with Crippen LogP contribution in [0.15, 0.2) is 30.3 Å². The maximum atomic E-state index is 2.59. The van der Waals surface area contributed by atoms with E-state index in [1.54, 1.807) is 0 Å². The Morgan fingerprint density at radius 2 is 1.35 bits per heavy atom. The number of nitrogens with zero attached hydrogens (tertiary/aromatic N) is 2. The predicted octanol–water partition coefficient (Wildman–Crippen LogP) is 1.82. The smallest absolute Gasteiger partial charge is 0.321 e. The first-order valence-corrected chi connectivity index (χ1v) is 6.67. The maximum absolute atomic E-state index is 2.59. The normalized spacial score (nSPS) is 18.6. The van der Waals surface area contributed by atoms with Gasteiger partial charge >= 0.3 is 6.98 Å². The molecule has 1 saturated heterocycles. The summed E-state index contributed by atoms with van der Waals surface area (Å²) in [6, 6.07) is 12.1. The molecule has 1 aromatic rings. The molecule has 2 nitrogen and oxygen atoms in total. The van der Waals surface area contributed by atoms with Crippen LogP contribution in [0.5, 0.6) is 0 Å².